The van der Waals surface area contributed by atoms with E-state index in [1.165, 1.54) is 10.7 Å². The number of rotatable bonds is 6. The van der Waals surface area contributed by atoms with Crippen LogP contribution in [-0.4, -0.2) is 34.7 Å². The molecule has 7 nitrogen and oxygen atoms in total. The summed E-state index contributed by atoms with van der Waals surface area (Å²) in [4.78, 5) is 37.6. The van der Waals surface area contributed by atoms with Crippen LogP contribution in [0.1, 0.15) is 12.8 Å². The lowest BCUT2D eigenvalue weighted by atomic mass is 10.1. The van der Waals surface area contributed by atoms with Crippen molar-refractivity contribution in [1.82, 2.24) is 15.1 Å². The first-order chi connectivity index (χ1) is 12.5. The molecule has 0 aliphatic carbocycles. The maximum absolute atomic E-state index is 12.3. The normalized spacial score (nSPS) is 16.7. The topological polar surface area (TPSA) is 84.3 Å². The van der Waals surface area contributed by atoms with Crippen molar-refractivity contribution in [2.45, 2.75) is 19.4 Å². The van der Waals surface area contributed by atoms with Gasteiger partial charge in [0.25, 0.3) is 5.56 Å². The van der Waals surface area contributed by atoms with Crippen LogP contribution in [0.5, 0.6) is 0 Å². The highest BCUT2D eigenvalue weighted by Crippen LogP contribution is 2.26. The zero-order valence-corrected chi connectivity index (χ0v) is 14.9. The molecule has 1 saturated heterocycles. The lowest BCUT2D eigenvalue weighted by molar-refractivity contribution is -0.126. The van der Waals surface area contributed by atoms with E-state index in [-0.39, 0.29) is 29.7 Å². The summed E-state index contributed by atoms with van der Waals surface area (Å²) in [6.07, 6.45) is 2.33. The van der Waals surface area contributed by atoms with E-state index < -0.39 is 0 Å². The van der Waals surface area contributed by atoms with Gasteiger partial charge < -0.3 is 10.2 Å². The van der Waals surface area contributed by atoms with Crippen molar-refractivity contribution >= 4 is 29.1 Å². The molecule has 1 aromatic heterocycles. The summed E-state index contributed by atoms with van der Waals surface area (Å²) in [7, 11) is 0. The predicted octanol–water partition coefficient (Wildman–Crippen LogP) is 1.46. The van der Waals surface area contributed by atoms with Crippen LogP contribution in [0.15, 0.2) is 47.4 Å². The van der Waals surface area contributed by atoms with Gasteiger partial charge >= 0.3 is 0 Å². The van der Waals surface area contributed by atoms with Crippen LogP contribution < -0.4 is 15.8 Å². The van der Waals surface area contributed by atoms with E-state index in [1.54, 1.807) is 41.4 Å². The van der Waals surface area contributed by atoms with E-state index in [2.05, 4.69) is 10.4 Å². The highest BCUT2D eigenvalue weighted by molar-refractivity contribution is 6.30. The number of amides is 2. The standard InChI is InChI=1S/C18H19ClN4O3/c19-14-4-6-15(7-5-14)22-12-13(11-17(22)25)18(26)20-8-2-10-23-16(24)3-1-9-21-23/h1,3-7,9,13H,2,8,10-12H2,(H,20,26). The minimum absolute atomic E-state index is 0.0764. The molecule has 1 fully saturated rings. The molecule has 1 aliphatic rings. The van der Waals surface area contributed by atoms with Crippen molar-refractivity contribution < 1.29 is 9.59 Å². The number of hydrogen-bond donors (Lipinski definition) is 1. The fraction of sp³-hybridized carbons (Fsp3) is 0.333. The monoisotopic (exact) mass is 374 g/mol. The van der Waals surface area contributed by atoms with Gasteiger partial charge in [-0.1, -0.05) is 11.6 Å². The molecule has 1 aromatic carbocycles. The number of nitrogens with one attached hydrogen (secondary N) is 1. The number of aryl methyl sites for hydroxylation is 1. The van der Waals surface area contributed by atoms with Crippen molar-refractivity contribution in [3.05, 3.63) is 58.0 Å². The van der Waals surface area contributed by atoms with Crippen molar-refractivity contribution in [3.63, 3.8) is 0 Å². The third-order valence-electron chi connectivity index (χ3n) is 4.27. The largest absolute Gasteiger partial charge is 0.356 e. The second-order valence-electron chi connectivity index (χ2n) is 6.11. The SMILES string of the molecule is O=C(NCCCn1ncccc1=O)C1CC(=O)N(c2ccc(Cl)cc2)C1. The smallest absolute Gasteiger partial charge is 0.266 e. The highest BCUT2D eigenvalue weighted by atomic mass is 35.5. The van der Waals surface area contributed by atoms with Gasteiger partial charge in [0, 0.05) is 49.0 Å². The summed E-state index contributed by atoms with van der Waals surface area (Å²) in [6.45, 7) is 1.21. The van der Waals surface area contributed by atoms with Gasteiger partial charge in [-0.2, -0.15) is 5.10 Å². The van der Waals surface area contributed by atoms with Gasteiger partial charge in [-0.05, 0) is 36.8 Å². The Kier molecular flexibility index (Phi) is 5.68. The quantitative estimate of drug-likeness (QED) is 0.776. The molecule has 2 aromatic rings. The zero-order chi connectivity index (χ0) is 18.5. The van der Waals surface area contributed by atoms with Crippen LogP contribution in [0, 0.1) is 5.92 Å². The van der Waals surface area contributed by atoms with Crippen molar-refractivity contribution in [3.8, 4) is 0 Å². The molecule has 0 radical (unpaired) electrons. The molecule has 1 unspecified atom stereocenters. The van der Waals surface area contributed by atoms with Gasteiger partial charge in [-0.25, -0.2) is 4.68 Å². The van der Waals surface area contributed by atoms with Crippen LogP contribution in [0.4, 0.5) is 5.69 Å². The minimum Gasteiger partial charge on any atom is -0.356 e. The third-order valence-corrected chi connectivity index (χ3v) is 4.52. The number of halogens is 1. The van der Waals surface area contributed by atoms with E-state index in [1.807, 2.05) is 0 Å². The predicted molar refractivity (Wildman–Crippen MR) is 98.0 cm³/mol. The summed E-state index contributed by atoms with van der Waals surface area (Å²) in [5, 5.41) is 7.40. The van der Waals surface area contributed by atoms with E-state index in [4.69, 9.17) is 11.6 Å². The van der Waals surface area contributed by atoms with E-state index in [9.17, 15) is 14.4 Å². The molecule has 0 saturated carbocycles. The minimum atomic E-state index is -0.379. The van der Waals surface area contributed by atoms with Gasteiger partial charge in [0.2, 0.25) is 11.8 Å². The highest BCUT2D eigenvalue weighted by Gasteiger charge is 2.34. The number of nitrogens with zero attached hydrogens (tertiary/aromatic N) is 3. The summed E-state index contributed by atoms with van der Waals surface area (Å²) in [6, 6.07) is 10.0. The molecule has 0 bridgehead atoms. The van der Waals surface area contributed by atoms with Crippen LogP contribution in [0.3, 0.4) is 0 Å². The fourth-order valence-electron chi connectivity index (χ4n) is 2.89. The number of carbonyl (C=O) groups excluding carboxylic acids is 2. The van der Waals surface area contributed by atoms with E-state index in [0.29, 0.717) is 31.1 Å². The Morgan fingerprint density at radius 3 is 2.73 bits per heavy atom. The molecule has 0 spiro atoms. The molecule has 2 heterocycles. The maximum atomic E-state index is 12.3. The Morgan fingerprint density at radius 2 is 2.00 bits per heavy atom. The second kappa shape index (κ2) is 8.14. The van der Waals surface area contributed by atoms with E-state index in [0.717, 1.165) is 5.69 Å². The first kappa shape index (κ1) is 18.1. The molecule has 2 amide bonds. The Bertz CT molecular complexity index is 850. The molecule has 26 heavy (non-hydrogen) atoms. The van der Waals surface area contributed by atoms with Crippen molar-refractivity contribution in [2.24, 2.45) is 5.92 Å². The maximum Gasteiger partial charge on any atom is 0.266 e. The average molecular weight is 375 g/mol. The number of carbonyl (C=O) groups is 2. The number of benzene rings is 1. The van der Waals surface area contributed by atoms with Crippen LogP contribution in [0.25, 0.3) is 0 Å². The molecule has 3 rings (SSSR count). The van der Waals surface area contributed by atoms with Gasteiger partial charge in [0.15, 0.2) is 0 Å². The lowest BCUT2D eigenvalue weighted by Crippen LogP contribution is -2.34. The lowest BCUT2D eigenvalue weighted by Gasteiger charge is -2.16. The molecule has 1 atom stereocenters. The molecular weight excluding hydrogens is 356 g/mol. The summed E-state index contributed by atoms with van der Waals surface area (Å²) in [5.41, 5.74) is 0.572. The number of hydrogen-bond acceptors (Lipinski definition) is 4. The molecular formula is C18H19ClN4O3. The zero-order valence-electron chi connectivity index (χ0n) is 14.1. The van der Waals surface area contributed by atoms with E-state index >= 15 is 0 Å². The molecule has 8 heteroatoms. The summed E-state index contributed by atoms with van der Waals surface area (Å²) in [5.74, 6) is -0.605. The summed E-state index contributed by atoms with van der Waals surface area (Å²) < 4.78 is 1.35. The number of anilines is 1. The van der Waals surface area contributed by atoms with Gasteiger partial charge in [-0.15, -0.1) is 0 Å². The first-order valence-electron chi connectivity index (χ1n) is 8.40. The Balaban J connectivity index is 1.48. The van der Waals surface area contributed by atoms with Gasteiger partial charge in [0.1, 0.15) is 0 Å². The average Bonchev–Trinajstić information content (AvgIpc) is 3.02. The second-order valence-corrected chi connectivity index (χ2v) is 6.55. The Labute approximate surface area is 155 Å². The number of aromatic nitrogens is 2. The Morgan fingerprint density at radius 1 is 1.23 bits per heavy atom. The molecule has 136 valence electrons. The van der Waals surface area contributed by atoms with Crippen LogP contribution in [0.2, 0.25) is 5.02 Å². The molecule has 1 N–H and O–H groups in total. The van der Waals surface area contributed by atoms with Gasteiger partial charge in [0.05, 0.1) is 5.92 Å². The summed E-state index contributed by atoms with van der Waals surface area (Å²) >= 11 is 5.87. The van der Waals surface area contributed by atoms with Crippen LogP contribution in [-0.2, 0) is 16.1 Å². The molecule has 1 aliphatic heterocycles. The first-order valence-corrected chi connectivity index (χ1v) is 8.78. The third kappa shape index (κ3) is 4.29. The van der Waals surface area contributed by atoms with Crippen molar-refractivity contribution in [2.75, 3.05) is 18.0 Å². The van der Waals surface area contributed by atoms with Crippen molar-refractivity contribution in [1.29, 1.82) is 0 Å². The van der Waals surface area contributed by atoms with Crippen LogP contribution >= 0.6 is 11.6 Å². The Hall–Kier alpha value is -2.67. The van der Waals surface area contributed by atoms with Gasteiger partial charge in [-0.3, -0.25) is 14.4 Å². The fourth-order valence-corrected chi connectivity index (χ4v) is 3.02.